The molecule has 1 saturated heterocycles. The minimum Gasteiger partial charge on any atom is -0.313 e. The highest BCUT2D eigenvalue weighted by Gasteiger charge is 2.26. The Kier molecular flexibility index (Phi) is 5.61. The van der Waals surface area contributed by atoms with Gasteiger partial charge in [-0.2, -0.15) is 12.7 Å². The van der Waals surface area contributed by atoms with Crippen molar-refractivity contribution in [3.8, 4) is 0 Å². The monoisotopic (exact) mass is 311 g/mol. The topological polar surface area (TPSA) is 61.4 Å². The molecule has 0 aromatic heterocycles. The zero-order valence-electron chi connectivity index (χ0n) is 12.8. The van der Waals surface area contributed by atoms with Gasteiger partial charge in [-0.05, 0) is 43.0 Å². The lowest BCUT2D eigenvalue weighted by molar-refractivity contribution is 0.282. The number of nitrogens with one attached hydrogen (secondary N) is 2. The minimum atomic E-state index is -3.43. The first-order valence-electron chi connectivity index (χ1n) is 7.59. The Hall–Kier alpha value is -1.11. The highest BCUT2D eigenvalue weighted by molar-refractivity contribution is 7.90. The predicted molar refractivity (Wildman–Crippen MR) is 86.3 cm³/mol. The summed E-state index contributed by atoms with van der Waals surface area (Å²) in [6.45, 7) is 7.08. The molecule has 0 aliphatic carbocycles. The summed E-state index contributed by atoms with van der Waals surface area (Å²) in [5.74, 6) is 0.429. The van der Waals surface area contributed by atoms with E-state index in [1.807, 2.05) is 24.3 Å². The van der Waals surface area contributed by atoms with Crippen LogP contribution in [-0.2, 0) is 16.8 Å². The molecule has 0 spiro atoms. The molecule has 1 atom stereocenters. The molecule has 1 aromatic carbocycles. The summed E-state index contributed by atoms with van der Waals surface area (Å²) < 4.78 is 28.9. The summed E-state index contributed by atoms with van der Waals surface area (Å²) in [6, 6.07) is 7.52. The molecule has 1 fully saturated rings. The van der Waals surface area contributed by atoms with Crippen molar-refractivity contribution in [3.63, 3.8) is 0 Å². The molecule has 118 valence electrons. The van der Waals surface area contributed by atoms with Gasteiger partial charge in [0.15, 0.2) is 0 Å². The zero-order chi connectivity index (χ0) is 15.3. The van der Waals surface area contributed by atoms with Gasteiger partial charge in [-0.25, -0.2) is 0 Å². The van der Waals surface area contributed by atoms with E-state index in [0.717, 1.165) is 31.5 Å². The zero-order valence-corrected chi connectivity index (χ0v) is 13.6. The van der Waals surface area contributed by atoms with E-state index in [1.54, 1.807) is 4.31 Å². The maximum Gasteiger partial charge on any atom is 0.301 e. The van der Waals surface area contributed by atoms with E-state index in [1.165, 1.54) is 0 Å². The lowest BCUT2D eigenvalue weighted by Gasteiger charge is -2.30. The van der Waals surface area contributed by atoms with Crippen molar-refractivity contribution < 1.29 is 8.42 Å². The Bertz CT molecular complexity index is 543. The minimum absolute atomic E-state index is 0.429. The van der Waals surface area contributed by atoms with Gasteiger partial charge in [0.05, 0.1) is 0 Å². The van der Waals surface area contributed by atoms with Crippen LogP contribution in [0, 0.1) is 5.92 Å². The van der Waals surface area contributed by atoms with Crippen LogP contribution in [0.2, 0.25) is 0 Å². The molecule has 5 nitrogen and oxygen atoms in total. The van der Waals surface area contributed by atoms with Crippen LogP contribution in [0.5, 0.6) is 0 Å². The molecule has 1 aliphatic heterocycles. The Morgan fingerprint density at radius 3 is 2.62 bits per heavy atom. The van der Waals surface area contributed by atoms with Crippen molar-refractivity contribution in [2.45, 2.75) is 33.2 Å². The van der Waals surface area contributed by atoms with Gasteiger partial charge in [-0.15, -0.1) is 0 Å². The van der Waals surface area contributed by atoms with Crippen LogP contribution in [0.25, 0.3) is 0 Å². The fraction of sp³-hybridized carbons (Fsp3) is 0.600. The van der Waals surface area contributed by atoms with Gasteiger partial charge in [0.2, 0.25) is 0 Å². The summed E-state index contributed by atoms with van der Waals surface area (Å²) in [6.07, 6.45) is 2.04. The van der Waals surface area contributed by atoms with E-state index in [-0.39, 0.29) is 0 Å². The fourth-order valence-electron chi connectivity index (χ4n) is 2.54. The molecule has 0 saturated carbocycles. The van der Waals surface area contributed by atoms with Gasteiger partial charge in [0.1, 0.15) is 0 Å². The van der Waals surface area contributed by atoms with E-state index in [9.17, 15) is 8.42 Å². The molecule has 1 aliphatic rings. The number of piperidine rings is 1. The molecule has 21 heavy (non-hydrogen) atoms. The number of benzene rings is 1. The molecule has 0 bridgehead atoms. The molecule has 0 radical (unpaired) electrons. The van der Waals surface area contributed by atoms with E-state index in [2.05, 4.69) is 23.9 Å². The van der Waals surface area contributed by atoms with Crippen LogP contribution in [0.4, 0.5) is 5.69 Å². The SMILES string of the molecule is CCNCc1ccc(NS(=O)(=O)N2CCCC(C)C2)cc1. The first-order chi connectivity index (χ1) is 10.0. The predicted octanol–water partition coefficient (Wildman–Crippen LogP) is 2.18. The summed E-state index contributed by atoms with van der Waals surface area (Å²) in [5.41, 5.74) is 1.76. The van der Waals surface area contributed by atoms with Gasteiger partial charge >= 0.3 is 10.2 Å². The summed E-state index contributed by atoms with van der Waals surface area (Å²) in [4.78, 5) is 0. The van der Waals surface area contributed by atoms with E-state index >= 15 is 0 Å². The molecular weight excluding hydrogens is 286 g/mol. The molecule has 0 amide bonds. The maximum atomic E-state index is 12.4. The third kappa shape index (κ3) is 4.69. The van der Waals surface area contributed by atoms with Crippen LogP contribution in [0.1, 0.15) is 32.3 Å². The third-order valence-corrected chi connectivity index (χ3v) is 5.24. The molecule has 1 heterocycles. The van der Waals surface area contributed by atoms with E-state index in [0.29, 0.717) is 24.7 Å². The third-order valence-electron chi connectivity index (χ3n) is 3.74. The Labute approximate surface area is 127 Å². The van der Waals surface area contributed by atoms with Crippen molar-refractivity contribution in [1.82, 2.24) is 9.62 Å². The van der Waals surface area contributed by atoms with Crippen molar-refractivity contribution >= 4 is 15.9 Å². The summed E-state index contributed by atoms with van der Waals surface area (Å²) >= 11 is 0. The normalized spacial score (nSPS) is 20.4. The van der Waals surface area contributed by atoms with Crippen LogP contribution in [-0.4, -0.2) is 32.4 Å². The second kappa shape index (κ2) is 7.24. The lowest BCUT2D eigenvalue weighted by atomic mass is 10.0. The molecular formula is C15H25N3O2S. The highest BCUT2D eigenvalue weighted by atomic mass is 32.2. The molecule has 1 unspecified atom stereocenters. The second-order valence-electron chi connectivity index (χ2n) is 5.69. The Morgan fingerprint density at radius 1 is 1.29 bits per heavy atom. The highest BCUT2D eigenvalue weighted by Crippen LogP contribution is 2.20. The first kappa shape index (κ1) is 16.3. The van der Waals surface area contributed by atoms with Crippen LogP contribution >= 0.6 is 0 Å². The first-order valence-corrected chi connectivity index (χ1v) is 9.03. The molecule has 2 rings (SSSR count). The average Bonchev–Trinajstić information content (AvgIpc) is 2.46. The van der Waals surface area contributed by atoms with Gasteiger partial charge in [0, 0.05) is 25.3 Å². The summed E-state index contributed by atoms with van der Waals surface area (Å²) in [7, 11) is -3.43. The maximum absolute atomic E-state index is 12.4. The number of hydrogen-bond donors (Lipinski definition) is 2. The van der Waals surface area contributed by atoms with Crippen molar-refractivity contribution in [2.24, 2.45) is 5.92 Å². The van der Waals surface area contributed by atoms with Crippen LogP contribution in [0.15, 0.2) is 24.3 Å². The number of nitrogens with zero attached hydrogens (tertiary/aromatic N) is 1. The van der Waals surface area contributed by atoms with Gasteiger partial charge in [-0.3, -0.25) is 4.72 Å². The smallest absolute Gasteiger partial charge is 0.301 e. The number of anilines is 1. The quantitative estimate of drug-likeness (QED) is 0.846. The van der Waals surface area contributed by atoms with E-state index in [4.69, 9.17) is 0 Å². The second-order valence-corrected chi connectivity index (χ2v) is 7.36. The van der Waals surface area contributed by atoms with Crippen molar-refractivity contribution in [1.29, 1.82) is 0 Å². The molecule has 2 N–H and O–H groups in total. The van der Waals surface area contributed by atoms with Gasteiger partial charge < -0.3 is 5.32 Å². The molecule has 6 heteroatoms. The Balaban J connectivity index is 1.99. The Morgan fingerprint density at radius 2 is 2.00 bits per heavy atom. The number of hydrogen-bond acceptors (Lipinski definition) is 3. The van der Waals surface area contributed by atoms with Crippen molar-refractivity contribution in [3.05, 3.63) is 29.8 Å². The van der Waals surface area contributed by atoms with Gasteiger partial charge in [-0.1, -0.05) is 26.0 Å². The van der Waals surface area contributed by atoms with Crippen molar-refractivity contribution in [2.75, 3.05) is 24.4 Å². The standard InChI is InChI=1S/C15H25N3O2S/c1-3-16-11-14-6-8-15(9-7-14)17-21(19,20)18-10-4-5-13(2)12-18/h6-9,13,16-17H,3-5,10-12H2,1-2H3. The van der Waals surface area contributed by atoms with E-state index < -0.39 is 10.2 Å². The molecule has 1 aromatic rings. The fourth-order valence-corrected chi connectivity index (χ4v) is 3.92. The average molecular weight is 311 g/mol. The summed E-state index contributed by atoms with van der Waals surface area (Å²) in [5, 5.41) is 3.24. The van der Waals surface area contributed by atoms with Crippen LogP contribution < -0.4 is 10.0 Å². The lowest BCUT2D eigenvalue weighted by Crippen LogP contribution is -2.42. The largest absolute Gasteiger partial charge is 0.313 e. The van der Waals surface area contributed by atoms with Gasteiger partial charge in [0.25, 0.3) is 0 Å². The van der Waals surface area contributed by atoms with Crippen LogP contribution in [0.3, 0.4) is 0 Å². The number of rotatable bonds is 6.